The van der Waals surface area contributed by atoms with Crippen LogP contribution in [0.4, 0.5) is 5.69 Å². The van der Waals surface area contributed by atoms with E-state index in [9.17, 15) is 18.0 Å². The molecule has 0 unspecified atom stereocenters. The first-order chi connectivity index (χ1) is 14.3. The molecule has 1 aromatic rings. The van der Waals surface area contributed by atoms with Gasteiger partial charge in [0.1, 0.15) is 0 Å². The van der Waals surface area contributed by atoms with Crippen molar-refractivity contribution in [2.75, 3.05) is 25.0 Å². The van der Waals surface area contributed by atoms with Crippen LogP contribution in [-0.2, 0) is 24.3 Å². The van der Waals surface area contributed by atoms with Gasteiger partial charge in [0, 0.05) is 18.8 Å². The molecule has 30 heavy (non-hydrogen) atoms. The summed E-state index contributed by atoms with van der Waals surface area (Å²) in [5, 5.41) is 2.65. The summed E-state index contributed by atoms with van der Waals surface area (Å²) in [6.45, 7) is 2.41. The lowest BCUT2D eigenvalue weighted by atomic mass is 9.94. The Morgan fingerprint density at radius 2 is 1.90 bits per heavy atom. The summed E-state index contributed by atoms with van der Waals surface area (Å²) in [6.07, 6.45) is 8.75. The first kappa shape index (κ1) is 21.1. The van der Waals surface area contributed by atoms with Crippen molar-refractivity contribution in [2.24, 2.45) is 17.8 Å². The number of esters is 1. The molecular formula is C22H28N2O5S. The van der Waals surface area contributed by atoms with Crippen LogP contribution in [0.15, 0.2) is 35.2 Å². The van der Waals surface area contributed by atoms with Crippen LogP contribution in [0.1, 0.15) is 37.7 Å². The van der Waals surface area contributed by atoms with E-state index in [1.807, 2.05) is 0 Å². The summed E-state index contributed by atoms with van der Waals surface area (Å²) in [7, 11) is -3.60. The predicted octanol–water partition coefficient (Wildman–Crippen LogP) is 2.86. The molecule has 162 valence electrons. The molecular weight excluding hydrogens is 404 g/mol. The van der Waals surface area contributed by atoms with Gasteiger partial charge in [0.25, 0.3) is 5.91 Å². The van der Waals surface area contributed by atoms with Crippen LogP contribution in [-0.4, -0.2) is 44.3 Å². The number of ether oxygens (including phenoxy) is 1. The van der Waals surface area contributed by atoms with Gasteiger partial charge in [-0.15, -0.1) is 0 Å². The zero-order valence-corrected chi connectivity index (χ0v) is 18.0. The topological polar surface area (TPSA) is 92.8 Å². The Morgan fingerprint density at radius 3 is 2.57 bits per heavy atom. The van der Waals surface area contributed by atoms with Gasteiger partial charge in [-0.25, -0.2) is 8.42 Å². The van der Waals surface area contributed by atoms with Crippen LogP contribution in [0.5, 0.6) is 0 Å². The van der Waals surface area contributed by atoms with Crippen LogP contribution in [0.3, 0.4) is 0 Å². The van der Waals surface area contributed by atoms with Crippen molar-refractivity contribution in [1.29, 1.82) is 0 Å². The van der Waals surface area contributed by atoms with E-state index in [2.05, 4.69) is 17.5 Å². The van der Waals surface area contributed by atoms with Crippen LogP contribution in [0.2, 0.25) is 0 Å². The Kier molecular flexibility index (Phi) is 5.97. The third-order valence-corrected chi connectivity index (χ3v) is 8.37. The lowest BCUT2D eigenvalue weighted by Crippen LogP contribution is -2.36. The lowest BCUT2D eigenvalue weighted by molar-refractivity contribution is -0.152. The second kappa shape index (κ2) is 8.51. The number of piperidine rings is 1. The van der Waals surface area contributed by atoms with E-state index < -0.39 is 15.9 Å². The maximum atomic E-state index is 13.0. The highest BCUT2D eigenvalue weighted by atomic mass is 32.2. The van der Waals surface area contributed by atoms with Crippen molar-refractivity contribution < 1.29 is 22.7 Å². The molecule has 4 rings (SSSR count). The van der Waals surface area contributed by atoms with E-state index in [4.69, 9.17) is 4.74 Å². The van der Waals surface area contributed by atoms with Crippen molar-refractivity contribution in [1.82, 2.24) is 4.31 Å². The zero-order valence-electron chi connectivity index (χ0n) is 17.2. The monoisotopic (exact) mass is 432 g/mol. The highest BCUT2D eigenvalue weighted by Gasteiger charge is 2.40. The number of hydrogen-bond donors (Lipinski definition) is 1. The fraction of sp³-hybridized carbons (Fsp3) is 0.545. The molecule has 0 spiro atoms. The molecule has 3 atom stereocenters. The van der Waals surface area contributed by atoms with Gasteiger partial charge in [-0.1, -0.05) is 24.6 Å². The van der Waals surface area contributed by atoms with Gasteiger partial charge >= 0.3 is 5.97 Å². The van der Waals surface area contributed by atoms with Gasteiger partial charge in [-0.2, -0.15) is 4.31 Å². The zero-order chi connectivity index (χ0) is 21.3. The van der Waals surface area contributed by atoms with E-state index in [0.717, 1.165) is 32.1 Å². The summed E-state index contributed by atoms with van der Waals surface area (Å²) < 4.78 is 32.7. The van der Waals surface area contributed by atoms with Gasteiger partial charge in [-0.3, -0.25) is 9.59 Å². The molecule has 2 aliphatic carbocycles. The molecule has 0 radical (unpaired) electrons. The molecule has 0 aromatic heterocycles. The Labute approximate surface area is 177 Å². The van der Waals surface area contributed by atoms with E-state index in [0.29, 0.717) is 30.3 Å². The van der Waals surface area contributed by atoms with E-state index >= 15 is 0 Å². The lowest BCUT2D eigenvalue weighted by Gasteiger charge is -2.26. The van der Waals surface area contributed by atoms with Gasteiger partial charge in [0.2, 0.25) is 10.0 Å². The number of hydrogen-bond acceptors (Lipinski definition) is 5. The summed E-state index contributed by atoms with van der Waals surface area (Å²) in [5.74, 6) is -0.292. The quantitative estimate of drug-likeness (QED) is 0.551. The number of aryl methyl sites for hydroxylation is 1. The van der Waals surface area contributed by atoms with Crippen LogP contribution in [0, 0.1) is 24.7 Å². The van der Waals surface area contributed by atoms with E-state index in [1.165, 1.54) is 10.4 Å². The average molecular weight is 433 g/mol. The Balaban J connectivity index is 1.37. The number of sulfonamides is 1. The van der Waals surface area contributed by atoms with Crippen molar-refractivity contribution in [3.8, 4) is 0 Å². The number of allylic oxidation sites excluding steroid dienone is 2. The number of amides is 1. The fourth-order valence-corrected chi connectivity index (χ4v) is 6.46. The maximum absolute atomic E-state index is 13.0. The number of rotatable bonds is 6. The van der Waals surface area contributed by atoms with Gasteiger partial charge in [0.15, 0.2) is 6.61 Å². The van der Waals surface area contributed by atoms with Crippen molar-refractivity contribution in [2.45, 2.75) is 43.9 Å². The van der Waals surface area contributed by atoms with Gasteiger partial charge in [-0.05, 0) is 62.1 Å². The van der Waals surface area contributed by atoms with Crippen molar-refractivity contribution in [3.63, 3.8) is 0 Å². The minimum atomic E-state index is -3.60. The number of nitrogens with zero attached hydrogens (tertiary/aromatic N) is 1. The maximum Gasteiger partial charge on any atom is 0.310 e. The molecule has 1 saturated carbocycles. The molecule has 1 saturated heterocycles. The van der Waals surface area contributed by atoms with Crippen molar-refractivity contribution >= 4 is 27.6 Å². The van der Waals surface area contributed by atoms with E-state index in [-0.39, 0.29) is 29.3 Å². The minimum Gasteiger partial charge on any atom is -0.455 e. The minimum absolute atomic E-state index is 0.159. The summed E-state index contributed by atoms with van der Waals surface area (Å²) in [4.78, 5) is 24.8. The number of carbonyl (C=O) groups excluding carboxylic acids is 2. The average Bonchev–Trinajstić information content (AvgIpc) is 3.38. The highest BCUT2D eigenvalue weighted by molar-refractivity contribution is 7.89. The molecule has 3 aliphatic rings. The van der Waals surface area contributed by atoms with Crippen LogP contribution in [0.25, 0.3) is 0 Å². The van der Waals surface area contributed by atoms with Gasteiger partial charge in [0.05, 0.1) is 10.8 Å². The number of benzene rings is 1. The molecule has 1 aromatic carbocycles. The molecule has 8 heteroatoms. The molecule has 1 amide bonds. The third kappa shape index (κ3) is 4.30. The third-order valence-electron chi connectivity index (χ3n) is 6.33. The second-order valence-corrected chi connectivity index (χ2v) is 10.4. The number of carbonyl (C=O) groups is 2. The molecule has 1 heterocycles. The van der Waals surface area contributed by atoms with E-state index in [1.54, 1.807) is 19.1 Å². The largest absolute Gasteiger partial charge is 0.455 e. The number of nitrogens with one attached hydrogen (secondary N) is 1. The molecule has 1 N–H and O–H groups in total. The SMILES string of the molecule is Cc1ccc(NC(=O)COC(=O)[C@@H]2C[C@H]3C=C[C@H]2C3)cc1S(=O)(=O)N1CCCCC1. The van der Waals surface area contributed by atoms with Crippen LogP contribution >= 0.6 is 0 Å². The number of anilines is 1. The standard InChI is InChI=1S/C22H28N2O5S/c1-15-5-8-18(13-20(15)30(27,28)24-9-3-2-4-10-24)23-21(25)14-29-22(26)19-12-16-6-7-17(19)11-16/h5-8,13,16-17,19H,2-4,9-12,14H2,1H3,(H,23,25)/t16-,17-,19+/m0/s1. The summed E-state index contributed by atoms with van der Waals surface area (Å²) >= 11 is 0. The fourth-order valence-electron chi connectivity index (χ4n) is 4.69. The molecule has 1 aliphatic heterocycles. The molecule has 7 nitrogen and oxygen atoms in total. The highest BCUT2D eigenvalue weighted by Crippen LogP contribution is 2.43. The Morgan fingerprint density at radius 1 is 1.13 bits per heavy atom. The van der Waals surface area contributed by atoms with Gasteiger partial charge < -0.3 is 10.1 Å². The molecule has 2 fully saturated rings. The van der Waals surface area contributed by atoms with Crippen LogP contribution < -0.4 is 5.32 Å². The Bertz CT molecular complexity index is 966. The Hall–Kier alpha value is -2.19. The number of fused-ring (bicyclic) bond motifs is 2. The molecule has 2 bridgehead atoms. The first-order valence-corrected chi connectivity index (χ1v) is 12.0. The summed E-state index contributed by atoms with van der Waals surface area (Å²) in [6, 6.07) is 4.82. The predicted molar refractivity (Wildman–Crippen MR) is 112 cm³/mol. The normalized spacial score (nSPS) is 26.0. The summed E-state index contributed by atoms with van der Waals surface area (Å²) in [5.41, 5.74) is 1.01. The first-order valence-electron chi connectivity index (χ1n) is 10.6. The second-order valence-electron chi connectivity index (χ2n) is 8.49. The van der Waals surface area contributed by atoms with Crippen molar-refractivity contribution in [3.05, 3.63) is 35.9 Å². The smallest absolute Gasteiger partial charge is 0.310 e.